The summed E-state index contributed by atoms with van der Waals surface area (Å²) in [7, 11) is 0. The van der Waals surface area contributed by atoms with Gasteiger partial charge in [-0.15, -0.1) is 0 Å². The zero-order valence-corrected chi connectivity index (χ0v) is 13.1. The molecule has 0 atom stereocenters. The van der Waals surface area contributed by atoms with E-state index in [1.165, 1.54) is 62.3 Å². The molecular formula is C19H29N. The van der Waals surface area contributed by atoms with E-state index in [4.69, 9.17) is 0 Å². The Kier molecular flexibility index (Phi) is 6.17. The van der Waals surface area contributed by atoms with E-state index in [9.17, 15) is 0 Å². The number of fused-ring (bicyclic) bond motifs is 1. The van der Waals surface area contributed by atoms with Crippen molar-refractivity contribution in [3.05, 3.63) is 36.5 Å². The Labute approximate surface area is 124 Å². The molecule has 0 saturated heterocycles. The van der Waals surface area contributed by atoms with Crippen LogP contribution in [-0.4, -0.2) is 4.57 Å². The normalized spacial score (nSPS) is 11.6. The number of aromatic nitrogens is 1. The minimum absolute atomic E-state index is 0.688. The standard InChI is InChI=1S/C19H29N/c1-3-5-7-12-18(13-8-6-4-2)20-16-15-17-11-9-10-14-19(17)20/h9-11,14-16,18H,3-8,12-13H2,1-2H3. The number of rotatable bonds is 9. The maximum absolute atomic E-state index is 2.53. The van der Waals surface area contributed by atoms with Gasteiger partial charge in [-0.25, -0.2) is 0 Å². The second-order valence-electron chi connectivity index (χ2n) is 5.93. The molecule has 1 heteroatoms. The molecule has 1 aromatic heterocycles. The summed E-state index contributed by atoms with van der Waals surface area (Å²) in [6.07, 6.45) is 13.0. The Balaban J connectivity index is 2.11. The fourth-order valence-corrected chi connectivity index (χ4v) is 3.11. The highest BCUT2D eigenvalue weighted by atomic mass is 15.0. The predicted molar refractivity (Wildman–Crippen MR) is 89.3 cm³/mol. The van der Waals surface area contributed by atoms with Crippen molar-refractivity contribution in [3.63, 3.8) is 0 Å². The van der Waals surface area contributed by atoms with Crippen molar-refractivity contribution in [2.24, 2.45) is 0 Å². The minimum atomic E-state index is 0.688. The van der Waals surface area contributed by atoms with E-state index in [0.29, 0.717) is 6.04 Å². The second kappa shape index (κ2) is 8.14. The Morgan fingerprint density at radius 2 is 1.50 bits per heavy atom. The van der Waals surface area contributed by atoms with Gasteiger partial charge in [0.05, 0.1) is 0 Å². The molecule has 0 fully saturated rings. The molecule has 20 heavy (non-hydrogen) atoms. The molecule has 1 heterocycles. The molecule has 0 radical (unpaired) electrons. The third kappa shape index (κ3) is 3.88. The molecule has 1 nitrogen and oxygen atoms in total. The molecule has 0 aliphatic heterocycles. The van der Waals surface area contributed by atoms with Crippen LogP contribution in [0.2, 0.25) is 0 Å². The van der Waals surface area contributed by atoms with Crippen LogP contribution in [0.1, 0.15) is 71.3 Å². The van der Waals surface area contributed by atoms with E-state index in [1.54, 1.807) is 0 Å². The SMILES string of the molecule is CCCCCC(CCCCC)n1ccc2ccccc21. The third-order valence-electron chi connectivity index (χ3n) is 4.30. The summed E-state index contributed by atoms with van der Waals surface area (Å²) >= 11 is 0. The van der Waals surface area contributed by atoms with Crippen molar-refractivity contribution >= 4 is 10.9 Å². The molecule has 0 bridgehead atoms. The summed E-state index contributed by atoms with van der Waals surface area (Å²) in [5.74, 6) is 0. The van der Waals surface area contributed by atoms with Gasteiger partial charge in [-0.2, -0.15) is 0 Å². The second-order valence-corrected chi connectivity index (χ2v) is 5.93. The minimum Gasteiger partial charge on any atom is -0.344 e. The lowest BCUT2D eigenvalue weighted by molar-refractivity contribution is 0.410. The van der Waals surface area contributed by atoms with Gasteiger partial charge in [-0.3, -0.25) is 0 Å². The van der Waals surface area contributed by atoms with Crippen LogP contribution < -0.4 is 0 Å². The fourth-order valence-electron chi connectivity index (χ4n) is 3.11. The summed E-state index contributed by atoms with van der Waals surface area (Å²) in [4.78, 5) is 0. The van der Waals surface area contributed by atoms with E-state index < -0.39 is 0 Å². The van der Waals surface area contributed by atoms with Crippen molar-refractivity contribution in [2.75, 3.05) is 0 Å². The van der Waals surface area contributed by atoms with Gasteiger partial charge in [0.25, 0.3) is 0 Å². The van der Waals surface area contributed by atoms with Gasteiger partial charge >= 0.3 is 0 Å². The molecule has 110 valence electrons. The molecular weight excluding hydrogens is 242 g/mol. The molecule has 0 amide bonds. The average molecular weight is 271 g/mol. The number of hydrogen-bond acceptors (Lipinski definition) is 0. The molecule has 0 unspecified atom stereocenters. The maximum atomic E-state index is 2.53. The molecule has 0 saturated carbocycles. The van der Waals surface area contributed by atoms with Crippen LogP contribution in [0.3, 0.4) is 0 Å². The Morgan fingerprint density at radius 3 is 2.15 bits per heavy atom. The van der Waals surface area contributed by atoms with Crippen LogP contribution >= 0.6 is 0 Å². The van der Waals surface area contributed by atoms with Gasteiger partial charge in [0.2, 0.25) is 0 Å². The molecule has 0 spiro atoms. The molecule has 0 aliphatic carbocycles. The van der Waals surface area contributed by atoms with Gasteiger partial charge in [0, 0.05) is 17.8 Å². The van der Waals surface area contributed by atoms with Crippen LogP contribution in [0.15, 0.2) is 36.5 Å². The van der Waals surface area contributed by atoms with Crippen LogP contribution in [0.4, 0.5) is 0 Å². The van der Waals surface area contributed by atoms with Crippen molar-refractivity contribution in [1.29, 1.82) is 0 Å². The van der Waals surface area contributed by atoms with Gasteiger partial charge in [0.1, 0.15) is 0 Å². The number of para-hydroxylation sites is 1. The first-order valence-corrected chi connectivity index (χ1v) is 8.42. The van der Waals surface area contributed by atoms with Crippen LogP contribution in [0.25, 0.3) is 10.9 Å². The molecule has 2 aromatic rings. The molecule has 2 rings (SSSR count). The lowest BCUT2D eigenvalue weighted by atomic mass is 10.0. The zero-order chi connectivity index (χ0) is 14.2. The van der Waals surface area contributed by atoms with E-state index >= 15 is 0 Å². The highest BCUT2D eigenvalue weighted by molar-refractivity contribution is 5.80. The van der Waals surface area contributed by atoms with Crippen LogP contribution in [0.5, 0.6) is 0 Å². The van der Waals surface area contributed by atoms with Crippen molar-refractivity contribution in [2.45, 2.75) is 71.3 Å². The highest BCUT2D eigenvalue weighted by Gasteiger charge is 2.12. The summed E-state index contributed by atoms with van der Waals surface area (Å²) in [6.45, 7) is 4.58. The lowest BCUT2D eigenvalue weighted by Crippen LogP contribution is -2.08. The first kappa shape index (κ1) is 15.2. The Bertz CT molecular complexity index is 487. The zero-order valence-electron chi connectivity index (χ0n) is 13.1. The van der Waals surface area contributed by atoms with E-state index in [0.717, 1.165) is 0 Å². The Morgan fingerprint density at radius 1 is 0.850 bits per heavy atom. The van der Waals surface area contributed by atoms with E-state index in [1.807, 2.05) is 0 Å². The molecule has 0 aliphatic rings. The lowest BCUT2D eigenvalue weighted by Gasteiger charge is -2.20. The van der Waals surface area contributed by atoms with Crippen LogP contribution in [0, 0.1) is 0 Å². The van der Waals surface area contributed by atoms with Gasteiger partial charge in [0.15, 0.2) is 0 Å². The monoisotopic (exact) mass is 271 g/mol. The Hall–Kier alpha value is -1.24. The number of unbranched alkanes of at least 4 members (excludes halogenated alkanes) is 4. The summed E-state index contributed by atoms with van der Waals surface area (Å²) in [5, 5.41) is 1.38. The predicted octanol–water partition coefficient (Wildman–Crippen LogP) is 6.34. The maximum Gasteiger partial charge on any atom is 0.0482 e. The first-order chi connectivity index (χ1) is 9.86. The number of benzene rings is 1. The van der Waals surface area contributed by atoms with Crippen LogP contribution in [-0.2, 0) is 0 Å². The highest BCUT2D eigenvalue weighted by Crippen LogP contribution is 2.27. The third-order valence-corrected chi connectivity index (χ3v) is 4.30. The average Bonchev–Trinajstić information content (AvgIpc) is 2.90. The summed E-state index contributed by atoms with van der Waals surface area (Å²) in [6, 6.07) is 11.7. The molecule has 1 aromatic carbocycles. The molecule has 0 N–H and O–H groups in total. The van der Waals surface area contributed by atoms with E-state index in [2.05, 4.69) is 54.9 Å². The first-order valence-electron chi connectivity index (χ1n) is 8.42. The van der Waals surface area contributed by atoms with E-state index in [-0.39, 0.29) is 0 Å². The summed E-state index contributed by atoms with van der Waals surface area (Å²) in [5.41, 5.74) is 1.41. The van der Waals surface area contributed by atoms with Gasteiger partial charge in [-0.05, 0) is 30.4 Å². The topological polar surface area (TPSA) is 4.93 Å². The number of nitrogens with zero attached hydrogens (tertiary/aromatic N) is 1. The summed E-state index contributed by atoms with van der Waals surface area (Å²) < 4.78 is 2.53. The van der Waals surface area contributed by atoms with Crippen molar-refractivity contribution in [1.82, 2.24) is 4.57 Å². The van der Waals surface area contributed by atoms with Crippen molar-refractivity contribution < 1.29 is 0 Å². The quantitative estimate of drug-likeness (QED) is 0.469. The fraction of sp³-hybridized carbons (Fsp3) is 0.579. The van der Waals surface area contributed by atoms with Gasteiger partial charge in [-0.1, -0.05) is 70.6 Å². The smallest absolute Gasteiger partial charge is 0.0482 e. The number of hydrogen-bond donors (Lipinski definition) is 0. The van der Waals surface area contributed by atoms with Crippen molar-refractivity contribution in [3.8, 4) is 0 Å². The van der Waals surface area contributed by atoms with Gasteiger partial charge < -0.3 is 4.57 Å². The largest absolute Gasteiger partial charge is 0.344 e.